The Balaban J connectivity index is 2.16. The molecule has 0 aromatic heterocycles. The molecule has 0 radical (unpaired) electrons. The second kappa shape index (κ2) is 5.65. The highest BCUT2D eigenvalue weighted by Gasteiger charge is 2.27. The lowest BCUT2D eigenvalue weighted by Crippen LogP contribution is -2.41. The normalized spacial score (nSPS) is 20.7. The number of hydrogen-bond donors (Lipinski definition) is 2. The summed E-state index contributed by atoms with van der Waals surface area (Å²) in [6.45, 7) is 1.35. The monoisotopic (exact) mass is 308 g/mol. The number of rotatable bonds is 3. The number of piperidine rings is 1. The molecule has 7 heteroatoms. The summed E-state index contributed by atoms with van der Waals surface area (Å²) in [7, 11) is -3.40. The van der Waals surface area contributed by atoms with E-state index in [-0.39, 0.29) is 0 Å². The summed E-state index contributed by atoms with van der Waals surface area (Å²) in [5.41, 5.74) is 0.401. The number of hydrogen-bond acceptors (Lipinski definition) is 3. The van der Waals surface area contributed by atoms with Crippen LogP contribution in [0.15, 0.2) is 18.2 Å². The van der Waals surface area contributed by atoms with Gasteiger partial charge in [-0.05, 0) is 37.6 Å². The molecule has 0 spiro atoms. The van der Waals surface area contributed by atoms with E-state index in [9.17, 15) is 8.42 Å². The van der Waals surface area contributed by atoms with Gasteiger partial charge < -0.3 is 5.32 Å². The van der Waals surface area contributed by atoms with Gasteiger partial charge in [0.1, 0.15) is 0 Å². The van der Waals surface area contributed by atoms with Crippen molar-refractivity contribution in [2.24, 2.45) is 0 Å². The first kappa shape index (κ1) is 13.9. The topological polar surface area (TPSA) is 58.2 Å². The van der Waals surface area contributed by atoms with Crippen LogP contribution in [-0.2, 0) is 10.0 Å². The van der Waals surface area contributed by atoms with Gasteiger partial charge >= 0.3 is 0 Å². The lowest BCUT2D eigenvalue weighted by molar-refractivity contribution is 0.499. The van der Waals surface area contributed by atoms with Gasteiger partial charge in [0.2, 0.25) is 10.0 Å². The van der Waals surface area contributed by atoms with Crippen LogP contribution in [0.25, 0.3) is 0 Å². The molecule has 1 atom stereocenters. The van der Waals surface area contributed by atoms with E-state index in [0.29, 0.717) is 28.7 Å². The SMILES string of the molecule is O=S(=O)(Nc1cc(Cl)cc(Cl)c1)C1CCCNC1. The predicted octanol–water partition coefficient (Wildman–Crippen LogP) is 2.49. The van der Waals surface area contributed by atoms with Gasteiger partial charge in [-0.1, -0.05) is 23.2 Å². The minimum absolute atomic E-state index is 0.401. The molecule has 18 heavy (non-hydrogen) atoms. The van der Waals surface area contributed by atoms with Crippen LogP contribution in [0.3, 0.4) is 0 Å². The third-order valence-corrected chi connectivity index (χ3v) is 5.05. The third-order valence-electron chi connectivity index (χ3n) is 2.81. The van der Waals surface area contributed by atoms with Gasteiger partial charge in [0, 0.05) is 16.6 Å². The summed E-state index contributed by atoms with van der Waals surface area (Å²) in [6, 6.07) is 4.64. The molecule has 1 aromatic rings. The first-order valence-corrected chi connectivity index (χ1v) is 7.96. The molecule has 1 unspecified atom stereocenters. The van der Waals surface area contributed by atoms with Gasteiger partial charge in [0.15, 0.2) is 0 Å². The van der Waals surface area contributed by atoms with Crippen LogP contribution >= 0.6 is 23.2 Å². The average molecular weight is 309 g/mol. The van der Waals surface area contributed by atoms with Crippen LogP contribution in [0.2, 0.25) is 10.0 Å². The van der Waals surface area contributed by atoms with Crippen LogP contribution in [-0.4, -0.2) is 26.8 Å². The molecule has 4 nitrogen and oxygen atoms in total. The number of benzene rings is 1. The van der Waals surface area contributed by atoms with Crippen LogP contribution in [0.4, 0.5) is 5.69 Å². The van der Waals surface area contributed by atoms with Crippen molar-refractivity contribution in [3.8, 4) is 0 Å². The molecule has 1 heterocycles. The number of halogens is 2. The molecule has 0 amide bonds. The van der Waals surface area contributed by atoms with Crippen LogP contribution < -0.4 is 10.0 Å². The maximum Gasteiger partial charge on any atom is 0.236 e. The highest BCUT2D eigenvalue weighted by Crippen LogP contribution is 2.24. The van der Waals surface area contributed by atoms with Gasteiger partial charge in [0.25, 0.3) is 0 Å². The smallest absolute Gasteiger partial charge is 0.236 e. The highest BCUT2D eigenvalue weighted by atomic mass is 35.5. The lowest BCUT2D eigenvalue weighted by atomic mass is 10.2. The lowest BCUT2D eigenvalue weighted by Gasteiger charge is -2.23. The molecule has 1 fully saturated rings. The molecule has 0 aliphatic carbocycles. The average Bonchev–Trinajstić information content (AvgIpc) is 2.28. The Hall–Kier alpha value is -0.490. The first-order valence-electron chi connectivity index (χ1n) is 5.66. The maximum absolute atomic E-state index is 12.1. The van der Waals surface area contributed by atoms with Gasteiger partial charge in [-0.25, -0.2) is 8.42 Å². The summed E-state index contributed by atoms with van der Waals surface area (Å²) in [4.78, 5) is 0. The molecule has 0 saturated carbocycles. The van der Waals surface area contributed by atoms with Gasteiger partial charge in [-0.3, -0.25) is 4.72 Å². The molecule has 2 rings (SSSR count). The summed E-state index contributed by atoms with van der Waals surface area (Å²) >= 11 is 11.7. The number of nitrogens with one attached hydrogen (secondary N) is 2. The molecule has 0 bridgehead atoms. The van der Waals surface area contributed by atoms with Gasteiger partial charge in [-0.15, -0.1) is 0 Å². The Morgan fingerprint density at radius 2 is 1.89 bits per heavy atom. The molecule has 2 N–H and O–H groups in total. The van der Waals surface area contributed by atoms with Gasteiger partial charge in [0.05, 0.1) is 10.9 Å². The highest BCUT2D eigenvalue weighted by molar-refractivity contribution is 7.93. The van der Waals surface area contributed by atoms with Crippen molar-refractivity contribution in [3.05, 3.63) is 28.2 Å². The summed E-state index contributed by atoms with van der Waals surface area (Å²) in [5.74, 6) is 0. The van der Waals surface area contributed by atoms with E-state index in [1.807, 2.05) is 0 Å². The number of anilines is 1. The van der Waals surface area contributed by atoms with E-state index in [1.165, 1.54) is 0 Å². The fraction of sp³-hybridized carbons (Fsp3) is 0.455. The van der Waals surface area contributed by atoms with Crippen molar-refractivity contribution in [2.75, 3.05) is 17.8 Å². The Bertz CT molecular complexity index is 508. The van der Waals surface area contributed by atoms with Crippen molar-refractivity contribution >= 4 is 38.9 Å². The van der Waals surface area contributed by atoms with Crippen molar-refractivity contribution in [1.29, 1.82) is 0 Å². The zero-order valence-electron chi connectivity index (χ0n) is 9.62. The zero-order chi connectivity index (χ0) is 13.2. The maximum atomic E-state index is 12.1. The van der Waals surface area contributed by atoms with E-state index < -0.39 is 15.3 Å². The van der Waals surface area contributed by atoms with E-state index in [2.05, 4.69) is 10.0 Å². The standard InChI is InChI=1S/C11H14Cl2N2O2S/c12-8-4-9(13)6-10(5-8)15-18(16,17)11-2-1-3-14-7-11/h4-6,11,14-15H,1-3,7H2. The molecule has 100 valence electrons. The third kappa shape index (κ3) is 3.51. The largest absolute Gasteiger partial charge is 0.315 e. The van der Waals surface area contributed by atoms with Crippen LogP contribution in [0.1, 0.15) is 12.8 Å². The van der Waals surface area contributed by atoms with Crippen molar-refractivity contribution in [1.82, 2.24) is 5.32 Å². The summed E-state index contributed by atoms with van der Waals surface area (Å²) < 4.78 is 26.8. The second-order valence-corrected chi connectivity index (χ2v) is 7.11. The van der Waals surface area contributed by atoms with Gasteiger partial charge in [-0.2, -0.15) is 0 Å². The zero-order valence-corrected chi connectivity index (χ0v) is 11.9. The number of sulfonamides is 1. The Morgan fingerprint density at radius 1 is 1.22 bits per heavy atom. The molecule has 1 aliphatic rings. The molecular formula is C11H14Cl2N2O2S. The van der Waals surface area contributed by atoms with Crippen molar-refractivity contribution < 1.29 is 8.42 Å². The van der Waals surface area contributed by atoms with Crippen LogP contribution in [0.5, 0.6) is 0 Å². The molecule has 1 aromatic carbocycles. The molecule has 1 saturated heterocycles. The fourth-order valence-electron chi connectivity index (χ4n) is 1.95. The Kier molecular flexibility index (Phi) is 4.37. The van der Waals surface area contributed by atoms with E-state index in [0.717, 1.165) is 13.0 Å². The van der Waals surface area contributed by atoms with Crippen LogP contribution in [0, 0.1) is 0 Å². The van der Waals surface area contributed by atoms with Crippen molar-refractivity contribution in [2.45, 2.75) is 18.1 Å². The Morgan fingerprint density at radius 3 is 2.44 bits per heavy atom. The van der Waals surface area contributed by atoms with E-state index in [1.54, 1.807) is 18.2 Å². The fourth-order valence-corrected chi connectivity index (χ4v) is 3.90. The van der Waals surface area contributed by atoms with E-state index >= 15 is 0 Å². The predicted molar refractivity (Wildman–Crippen MR) is 74.9 cm³/mol. The summed E-state index contributed by atoms with van der Waals surface area (Å²) in [6.07, 6.45) is 1.53. The summed E-state index contributed by atoms with van der Waals surface area (Å²) in [5, 5.41) is 3.47. The second-order valence-electron chi connectivity index (χ2n) is 4.27. The molecule has 1 aliphatic heterocycles. The van der Waals surface area contributed by atoms with Crippen molar-refractivity contribution in [3.63, 3.8) is 0 Å². The minimum Gasteiger partial charge on any atom is -0.315 e. The quantitative estimate of drug-likeness (QED) is 0.902. The minimum atomic E-state index is -3.40. The first-order chi connectivity index (χ1) is 8.47. The van der Waals surface area contributed by atoms with E-state index in [4.69, 9.17) is 23.2 Å². The Labute approximate surface area is 117 Å². The molecular weight excluding hydrogens is 295 g/mol.